The molecule has 0 aromatic rings. The number of rotatable bonds is 0. The molecule has 2 atom stereocenters. The van der Waals surface area contributed by atoms with Crippen molar-refractivity contribution >= 4 is 0 Å². The van der Waals surface area contributed by atoms with E-state index in [2.05, 4.69) is 17.3 Å². The quantitative estimate of drug-likeness (QED) is 0.515. The van der Waals surface area contributed by atoms with Crippen molar-refractivity contribution in [2.45, 2.75) is 6.42 Å². The van der Waals surface area contributed by atoms with Gasteiger partial charge in [-0.3, -0.25) is 0 Å². The summed E-state index contributed by atoms with van der Waals surface area (Å²) < 4.78 is 0. The lowest BCUT2D eigenvalue weighted by Gasteiger charge is -2.39. The normalized spacial score (nSPS) is 41.7. The van der Waals surface area contributed by atoms with Crippen LogP contribution in [-0.2, 0) is 0 Å². The monoisotopic (exact) mass is 140 g/mol. The number of nitrogens with zero attached hydrogens (tertiary/aromatic N) is 1. The minimum absolute atomic E-state index is 0.942. The van der Waals surface area contributed by atoms with Crippen LogP contribution < -0.4 is 5.32 Å². The van der Waals surface area contributed by atoms with Crippen LogP contribution in [0.3, 0.4) is 0 Å². The summed E-state index contributed by atoms with van der Waals surface area (Å²) in [5.41, 5.74) is 0. The number of nitrogens with one attached hydrogen (secondary N) is 1. The first-order valence-electron chi connectivity index (χ1n) is 4.24. The molecule has 1 unspecified atom stereocenters. The van der Waals surface area contributed by atoms with E-state index in [0.29, 0.717) is 0 Å². The van der Waals surface area contributed by atoms with Crippen molar-refractivity contribution in [3.05, 3.63) is 0 Å². The second-order valence-electron chi connectivity index (χ2n) is 3.85. The highest BCUT2D eigenvalue weighted by Crippen LogP contribution is 2.22. The van der Waals surface area contributed by atoms with E-state index < -0.39 is 0 Å². The highest BCUT2D eigenvalue weighted by atomic mass is 15.1. The van der Waals surface area contributed by atoms with Gasteiger partial charge >= 0.3 is 0 Å². The first-order valence-corrected chi connectivity index (χ1v) is 4.24. The lowest BCUT2D eigenvalue weighted by atomic mass is 9.86. The zero-order valence-corrected chi connectivity index (χ0v) is 6.64. The maximum Gasteiger partial charge on any atom is 0.00190 e. The number of likely N-dealkylation sites (tertiary alicyclic amines) is 1. The van der Waals surface area contributed by atoms with E-state index in [1.165, 1.54) is 32.6 Å². The van der Waals surface area contributed by atoms with Gasteiger partial charge in [0.15, 0.2) is 0 Å². The maximum atomic E-state index is 3.48. The Bertz CT molecular complexity index is 108. The molecule has 2 heterocycles. The molecule has 2 nitrogen and oxygen atoms in total. The molecule has 0 aliphatic carbocycles. The molecule has 0 amide bonds. The van der Waals surface area contributed by atoms with Gasteiger partial charge in [-0.05, 0) is 38.4 Å². The number of hydrogen-bond donors (Lipinski definition) is 1. The lowest BCUT2D eigenvalue weighted by Crippen LogP contribution is -2.49. The highest BCUT2D eigenvalue weighted by Gasteiger charge is 2.28. The fourth-order valence-electron chi connectivity index (χ4n) is 2.36. The number of fused-ring (bicyclic) bond motifs is 2. The van der Waals surface area contributed by atoms with Gasteiger partial charge in [0.25, 0.3) is 0 Å². The Morgan fingerprint density at radius 1 is 1.20 bits per heavy atom. The van der Waals surface area contributed by atoms with Crippen molar-refractivity contribution in [2.75, 3.05) is 33.2 Å². The summed E-state index contributed by atoms with van der Waals surface area (Å²) in [5.74, 6) is 1.88. The fraction of sp³-hybridized carbons (Fsp3) is 1.00. The zero-order chi connectivity index (χ0) is 6.97. The third kappa shape index (κ3) is 1.18. The van der Waals surface area contributed by atoms with Crippen LogP contribution in [0.25, 0.3) is 0 Å². The standard InChI is InChI=1S/C8H16N2/c1-10-5-7-2-8(6-10)4-9-3-7/h7-9H,2-6H2,1H3/t7-,8?/m0/s1. The molecule has 2 aliphatic rings. The molecule has 2 fully saturated rings. The van der Waals surface area contributed by atoms with Crippen LogP contribution in [-0.4, -0.2) is 38.1 Å². The van der Waals surface area contributed by atoms with Crippen LogP contribution in [0.5, 0.6) is 0 Å². The van der Waals surface area contributed by atoms with Gasteiger partial charge in [-0.15, -0.1) is 0 Å². The van der Waals surface area contributed by atoms with E-state index in [0.717, 1.165) is 11.8 Å². The van der Waals surface area contributed by atoms with Crippen LogP contribution in [0.15, 0.2) is 0 Å². The SMILES string of the molecule is CN1CC2CNC[C@H](C2)C1. The van der Waals surface area contributed by atoms with E-state index in [1.807, 2.05) is 0 Å². The van der Waals surface area contributed by atoms with Crippen molar-refractivity contribution in [1.82, 2.24) is 10.2 Å². The Balaban J connectivity index is 1.98. The molecule has 0 aromatic heterocycles. The van der Waals surface area contributed by atoms with E-state index in [9.17, 15) is 0 Å². The summed E-state index contributed by atoms with van der Waals surface area (Å²) >= 11 is 0. The van der Waals surface area contributed by atoms with Gasteiger partial charge in [-0.2, -0.15) is 0 Å². The van der Waals surface area contributed by atoms with E-state index in [1.54, 1.807) is 0 Å². The van der Waals surface area contributed by atoms with Gasteiger partial charge < -0.3 is 10.2 Å². The molecule has 0 saturated carbocycles. The third-order valence-electron chi connectivity index (χ3n) is 2.67. The zero-order valence-electron chi connectivity index (χ0n) is 6.64. The Labute approximate surface area is 62.6 Å². The van der Waals surface area contributed by atoms with Gasteiger partial charge in [0, 0.05) is 13.1 Å². The minimum Gasteiger partial charge on any atom is -0.316 e. The molecule has 2 aliphatic heterocycles. The van der Waals surface area contributed by atoms with Gasteiger partial charge in [-0.25, -0.2) is 0 Å². The summed E-state index contributed by atoms with van der Waals surface area (Å²) in [4.78, 5) is 2.47. The molecule has 58 valence electrons. The van der Waals surface area contributed by atoms with Crippen LogP contribution in [0.4, 0.5) is 0 Å². The average Bonchev–Trinajstić information content (AvgIpc) is 1.85. The molecule has 0 radical (unpaired) electrons. The van der Waals surface area contributed by atoms with E-state index >= 15 is 0 Å². The summed E-state index contributed by atoms with van der Waals surface area (Å²) in [5, 5.41) is 3.48. The molecular weight excluding hydrogens is 124 g/mol. The molecule has 0 aromatic carbocycles. The molecule has 1 N–H and O–H groups in total. The Morgan fingerprint density at radius 3 is 2.40 bits per heavy atom. The average molecular weight is 140 g/mol. The number of piperidine rings is 2. The number of hydrogen-bond acceptors (Lipinski definition) is 2. The maximum absolute atomic E-state index is 3.48. The van der Waals surface area contributed by atoms with Crippen LogP contribution >= 0.6 is 0 Å². The predicted molar refractivity (Wildman–Crippen MR) is 42.0 cm³/mol. The van der Waals surface area contributed by atoms with Crippen LogP contribution in [0, 0.1) is 11.8 Å². The summed E-state index contributed by atoms with van der Waals surface area (Å²) in [6, 6.07) is 0. The van der Waals surface area contributed by atoms with Crippen molar-refractivity contribution < 1.29 is 0 Å². The van der Waals surface area contributed by atoms with Gasteiger partial charge in [0.2, 0.25) is 0 Å². The van der Waals surface area contributed by atoms with Gasteiger partial charge in [-0.1, -0.05) is 0 Å². The van der Waals surface area contributed by atoms with Crippen LogP contribution in [0.2, 0.25) is 0 Å². The summed E-state index contributed by atoms with van der Waals surface area (Å²) in [6.07, 6.45) is 1.47. The molecule has 2 rings (SSSR count). The van der Waals surface area contributed by atoms with Crippen molar-refractivity contribution in [3.63, 3.8) is 0 Å². The lowest BCUT2D eigenvalue weighted by molar-refractivity contribution is 0.119. The second-order valence-corrected chi connectivity index (χ2v) is 3.85. The van der Waals surface area contributed by atoms with Gasteiger partial charge in [0.05, 0.1) is 0 Å². The Kier molecular flexibility index (Phi) is 1.66. The topological polar surface area (TPSA) is 15.3 Å². The summed E-state index contributed by atoms with van der Waals surface area (Å²) in [7, 11) is 2.24. The molecular formula is C8H16N2. The van der Waals surface area contributed by atoms with E-state index in [4.69, 9.17) is 0 Å². The van der Waals surface area contributed by atoms with Crippen molar-refractivity contribution in [1.29, 1.82) is 0 Å². The van der Waals surface area contributed by atoms with Crippen molar-refractivity contribution in [2.24, 2.45) is 11.8 Å². The molecule has 0 spiro atoms. The first kappa shape index (κ1) is 6.62. The van der Waals surface area contributed by atoms with Crippen LogP contribution in [0.1, 0.15) is 6.42 Å². The Hall–Kier alpha value is -0.0800. The predicted octanol–water partition coefficient (Wildman–Crippen LogP) is 0.157. The largest absolute Gasteiger partial charge is 0.316 e. The molecule has 2 heteroatoms. The highest BCUT2D eigenvalue weighted by molar-refractivity contribution is 4.84. The Morgan fingerprint density at radius 2 is 1.80 bits per heavy atom. The second kappa shape index (κ2) is 2.51. The molecule has 2 saturated heterocycles. The molecule has 10 heavy (non-hydrogen) atoms. The molecule has 2 bridgehead atoms. The first-order chi connectivity index (χ1) is 4.84. The third-order valence-corrected chi connectivity index (χ3v) is 2.67. The van der Waals surface area contributed by atoms with Gasteiger partial charge in [0.1, 0.15) is 0 Å². The van der Waals surface area contributed by atoms with E-state index in [-0.39, 0.29) is 0 Å². The minimum atomic E-state index is 0.942. The fourth-order valence-corrected chi connectivity index (χ4v) is 2.36. The van der Waals surface area contributed by atoms with Crippen molar-refractivity contribution in [3.8, 4) is 0 Å². The smallest absolute Gasteiger partial charge is 0.00190 e. The summed E-state index contributed by atoms with van der Waals surface area (Å²) in [6.45, 7) is 5.12.